The maximum absolute atomic E-state index is 5.58. The van der Waals surface area contributed by atoms with Gasteiger partial charge in [0.05, 0.1) is 0 Å². The molecule has 14 heavy (non-hydrogen) atoms. The molecule has 3 heteroatoms. The topological polar surface area (TPSA) is 3.24 Å². The van der Waals surface area contributed by atoms with Gasteiger partial charge in [0.1, 0.15) is 0 Å². The van der Waals surface area contributed by atoms with Crippen molar-refractivity contribution in [2.75, 3.05) is 19.0 Å². The highest BCUT2D eigenvalue weighted by atomic mass is 35.5. The number of hydrogen-bond donors (Lipinski definition) is 0. The molecule has 0 atom stereocenters. The van der Waals surface area contributed by atoms with E-state index in [4.69, 9.17) is 11.6 Å². The Balaban J connectivity index is 1.91. The Labute approximate surface area is 94.0 Å². The third kappa shape index (κ3) is 2.38. The molecular formula is C11H14ClNS. The van der Waals surface area contributed by atoms with E-state index in [0.29, 0.717) is 5.88 Å². The Morgan fingerprint density at radius 3 is 3.29 bits per heavy atom. The van der Waals surface area contributed by atoms with Crippen molar-refractivity contribution < 1.29 is 0 Å². The molecule has 1 aliphatic heterocycles. The van der Waals surface area contributed by atoms with Gasteiger partial charge in [0.25, 0.3) is 0 Å². The number of alkyl halides is 1. The molecule has 1 aromatic rings. The zero-order chi connectivity index (χ0) is 9.80. The van der Waals surface area contributed by atoms with Gasteiger partial charge in [-0.25, -0.2) is 0 Å². The molecule has 0 amide bonds. The van der Waals surface area contributed by atoms with Gasteiger partial charge in [0.15, 0.2) is 0 Å². The maximum atomic E-state index is 5.58. The molecule has 0 unspecified atom stereocenters. The van der Waals surface area contributed by atoms with Crippen LogP contribution in [0.5, 0.6) is 0 Å². The monoisotopic (exact) mass is 227 g/mol. The first-order chi connectivity index (χ1) is 6.90. The van der Waals surface area contributed by atoms with Gasteiger partial charge in [-0.2, -0.15) is 0 Å². The van der Waals surface area contributed by atoms with Gasteiger partial charge < -0.3 is 0 Å². The van der Waals surface area contributed by atoms with Crippen LogP contribution < -0.4 is 0 Å². The number of nitrogens with zero attached hydrogens (tertiary/aromatic N) is 1. The standard InChI is InChI=1S/C11H14ClNS/c12-5-1-2-6-13-7-3-11-10(9-13)4-8-14-11/h1-2,4,8H,3,5-7,9H2/b2-1+. The van der Waals surface area contributed by atoms with Crippen molar-refractivity contribution >= 4 is 22.9 Å². The molecule has 1 aromatic heterocycles. The average Bonchev–Trinajstić information content (AvgIpc) is 2.65. The van der Waals surface area contributed by atoms with Gasteiger partial charge in [-0.3, -0.25) is 4.90 Å². The fourth-order valence-corrected chi connectivity index (χ4v) is 2.77. The van der Waals surface area contributed by atoms with Crippen molar-refractivity contribution in [2.24, 2.45) is 0 Å². The van der Waals surface area contributed by atoms with Gasteiger partial charge in [-0.15, -0.1) is 22.9 Å². The number of halogens is 1. The first-order valence-electron chi connectivity index (χ1n) is 4.88. The summed E-state index contributed by atoms with van der Waals surface area (Å²) in [6.07, 6.45) is 5.39. The van der Waals surface area contributed by atoms with Crippen LogP contribution in [-0.4, -0.2) is 23.9 Å². The highest BCUT2D eigenvalue weighted by molar-refractivity contribution is 7.10. The molecule has 76 valence electrons. The van der Waals surface area contributed by atoms with Crippen molar-refractivity contribution in [1.82, 2.24) is 4.90 Å². The molecule has 0 fully saturated rings. The number of allylic oxidation sites excluding steroid dienone is 1. The number of rotatable bonds is 3. The van der Waals surface area contributed by atoms with E-state index >= 15 is 0 Å². The Hall–Kier alpha value is -0.310. The second-order valence-electron chi connectivity index (χ2n) is 3.48. The lowest BCUT2D eigenvalue weighted by Crippen LogP contribution is -2.29. The van der Waals surface area contributed by atoms with Crippen LogP contribution in [0.15, 0.2) is 23.6 Å². The Morgan fingerprint density at radius 1 is 1.50 bits per heavy atom. The number of thiophene rings is 1. The summed E-state index contributed by atoms with van der Waals surface area (Å²) in [7, 11) is 0. The van der Waals surface area contributed by atoms with E-state index < -0.39 is 0 Å². The van der Waals surface area contributed by atoms with Crippen LogP contribution in [0.25, 0.3) is 0 Å². The molecule has 0 saturated heterocycles. The van der Waals surface area contributed by atoms with E-state index in [0.717, 1.165) is 13.1 Å². The summed E-state index contributed by atoms with van der Waals surface area (Å²) in [5, 5.41) is 2.20. The smallest absolute Gasteiger partial charge is 0.0404 e. The van der Waals surface area contributed by atoms with Gasteiger partial charge in [0.2, 0.25) is 0 Å². The third-order valence-electron chi connectivity index (χ3n) is 2.51. The highest BCUT2D eigenvalue weighted by Crippen LogP contribution is 2.23. The van der Waals surface area contributed by atoms with E-state index in [9.17, 15) is 0 Å². The molecule has 1 nitrogen and oxygen atoms in total. The van der Waals surface area contributed by atoms with Crippen LogP contribution in [0.4, 0.5) is 0 Å². The van der Waals surface area contributed by atoms with Gasteiger partial charge >= 0.3 is 0 Å². The van der Waals surface area contributed by atoms with Crippen LogP contribution in [0.1, 0.15) is 10.4 Å². The normalized spacial score (nSPS) is 17.5. The second kappa shape index (κ2) is 4.96. The first kappa shape index (κ1) is 10.2. The fourth-order valence-electron chi connectivity index (χ4n) is 1.75. The zero-order valence-corrected chi connectivity index (χ0v) is 9.65. The molecule has 0 N–H and O–H groups in total. The molecule has 0 aromatic carbocycles. The maximum Gasteiger partial charge on any atom is 0.0404 e. The lowest BCUT2D eigenvalue weighted by Gasteiger charge is -2.25. The summed E-state index contributed by atoms with van der Waals surface area (Å²) in [5.41, 5.74) is 1.51. The minimum atomic E-state index is 0.623. The van der Waals surface area contributed by atoms with Crippen molar-refractivity contribution in [2.45, 2.75) is 13.0 Å². The van der Waals surface area contributed by atoms with Crippen molar-refractivity contribution in [3.05, 3.63) is 34.0 Å². The van der Waals surface area contributed by atoms with Crippen molar-refractivity contribution in [3.63, 3.8) is 0 Å². The van der Waals surface area contributed by atoms with E-state index in [1.165, 1.54) is 18.5 Å². The summed E-state index contributed by atoms with van der Waals surface area (Å²) >= 11 is 7.47. The number of hydrogen-bond acceptors (Lipinski definition) is 2. The largest absolute Gasteiger partial charge is 0.295 e. The van der Waals surface area contributed by atoms with Gasteiger partial charge in [-0.1, -0.05) is 12.2 Å². The predicted molar refractivity (Wildman–Crippen MR) is 63.2 cm³/mol. The third-order valence-corrected chi connectivity index (χ3v) is 3.71. The van der Waals surface area contributed by atoms with E-state index in [1.807, 2.05) is 17.4 Å². The first-order valence-corrected chi connectivity index (χ1v) is 6.30. The molecule has 0 spiro atoms. The number of fused-ring (bicyclic) bond motifs is 1. The minimum absolute atomic E-state index is 0.623. The average molecular weight is 228 g/mol. The summed E-state index contributed by atoms with van der Waals surface area (Å²) < 4.78 is 0. The Morgan fingerprint density at radius 2 is 2.43 bits per heavy atom. The van der Waals surface area contributed by atoms with E-state index in [2.05, 4.69) is 22.4 Å². The molecule has 0 aliphatic carbocycles. The summed E-state index contributed by atoms with van der Waals surface area (Å²) in [6.45, 7) is 3.31. The summed E-state index contributed by atoms with van der Waals surface area (Å²) in [6, 6.07) is 2.25. The van der Waals surface area contributed by atoms with Crippen molar-refractivity contribution in [3.8, 4) is 0 Å². The predicted octanol–water partition coefficient (Wildman–Crippen LogP) is 2.90. The molecular weight excluding hydrogens is 214 g/mol. The summed E-state index contributed by atoms with van der Waals surface area (Å²) in [4.78, 5) is 4.03. The van der Waals surface area contributed by atoms with Crippen LogP contribution >= 0.6 is 22.9 Å². The highest BCUT2D eigenvalue weighted by Gasteiger charge is 2.15. The van der Waals surface area contributed by atoms with Crippen molar-refractivity contribution in [1.29, 1.82) is 0 Å². The van der Waals surface area contributed by atoms with Crippen LogP contribution in [-0.2, 0) is 13.0 Å². The molecule has 2 heterocycles. The fraction of sp³-hybridized carbons (Fsp3) is 0.455. The van der Waals surface area contributed by atoms with Crippen LogP contribution in [0, 0.1) is 0 Å². The molecule has 1 aliphatic rings. The lowest BCUT2D eigenvalue weighted by molar-refractivity contribution is 0.284. The quantitative estimate of drug-likeness (QED) is 0.567. The molecule has 2 rings (SSSR count). The van der Waals surface area contributed by atoms with Crippen LogP contribution in [0.3, 0.4) is 0 Å². The summed E-state index contributed by atoms with van der Waals surface area (Å²) in [5.74, 6) is 0.623. The second-order valence-corrected chi connectivity index (χ2v) is 4.79. The minimum Gasteiger partial charge on any atom is -0.295 e. The van der Waals surface area contributed by atoms with Gasteiger partial charge in [0, 0.05) is 30.4 Å². The lowest BCUT2D eigenvalue weighted by atomic mass is 10.1. The Bertz CT molecular complexity index is 319. The molecule has 0 bridgehead atoms. The molecule has 0 radical (unpaired) electrons. The van der Waals surface area contributed by atoms with Gasteiger partial charge in [-0.05, 0) is 23.4 Å². The van der Waals surface area contributed by atoms with E-state index in [-0.39, 0.29) is 0 Å². The SMILES string of the molecule is ClC/C=C/CN1CCc2sccc2C1. The Kier molecular flexibility index (Phi) is 3.62. The van der Waals surface area contributed by atoms with E-state index in [1.54, 1.807) is 4.88 Å². The zero-order valence-electron chi connectivity index (χ0n) is 8.08. The van der Waals surface area contributed by atoms with Crippen LogP contribution in [0.2, 0.25) is 0 Å². The molecule has 0 saturated carbocycles.